The predicted molar refractivity (Wildman–Crippen MR) is 181 cm³/mol. The summed E-state index contributed by atoms with van der Waals surface area (Å²) in [6, 6.07) is 21.6. The normalized spacial score (nSPS) is 13.2. The number of rotatable bonds is 12. The molecule has 0 aliphatic rings. The highest BCUT2D eigenvalue weighted by molar-refractivity contribution is 7.98. The molecule has 0 bridgehead atoms. The topological polar surface area (TPSA) is 124 Å². The summed E-state index contributed by atoms with van der Waals surface area (Å²) < 4.78 is 3.74. The van der Waals surface area contributed by atoms with Crippen molar-refractivity contribution in [2.75, 3.05) is 6.26 Å². The van der Waals surface area contributed by atoms with Gasteiger partial charge >= 0.3 is 0 Å². The second kappa shape index (κ2) is 14.6. The van der Waals surface area contributed by atoms with Gasteiger partial charge in [-0.3, -0.25) is 19.0 Å². The van der Waals surface area contributed by atoms with Crippen LogP contribution < -0.4 is 16.1 Å². The van der Waals surface area contributed by atoms with E-state index in [1.165, 1.54) is 18.0 Å². The molecule has 0 fully saturated rings. The second-order valence-corrected chi connectivity index (χ2v) is 12.1. The number of fused-ring (bicyclic) bond motifs is 1. The third-order valence-electron chi connectivity index (χ3n) is 8.19. The van der Waals surface area contributed by atoms with E-state index in [2.05, 4.69) is 25.8 Å². The first-order valence-electron chi connectivity index (χ1n) is 15.5. The number of benzene rings is 2. The van der Waals surface area contributed by atoms with Gasteiger partial charge in [0.05, 0.1) is 11.4 Å². The van der Waals surface area contributed by atoms with Crippen molar-refractivity contribution in [3.8, 4) is 5.69 Å². The van der Waals surface area contributed by atoms with Crippen LogP contribution in [0.3, 0.4) is 0 Å². The summed E-state index contributed by atoms with van der Waals surface area (Å²) in [7, 11) is 0. The van der Waals surface area contributed by atoms with Gasteiger partial charge in [-0.25, -0.2) is 4.98 Å². The van der Waals surface area contributed by atoms with Crippen LogP contribution in [0, 0.1) is 12.8 Å². The highest BCUT2D eigenvalue weighted by Crippen LogP contribution is 2.26. The third-order valence-corrected chi connectivity index (χ3v) is 8.82. The maximum atomic E-state index is 14.2. The molecule has 2 N–H and O–H groups in total. The molecule has 0 radical (unpaired) electrons. The smallest absolute Gasteiger partial charge is 0.257 e. The van der Waals surface area contributed by atoms with E-state index in [4.69, 9.17) is 0 Å². The van der Waals surface area contributed by atoms with E-state index in [0.29, 0.717) is 41.4 Å². The number of nitrogens with one attached hydrogen (secondary N) is 2. The van der Waals surface area contributed by atoms with Gasteiger partial charge in [-0.2, -0.15) is 0 Å². The third kappa shape index (κ3) is 6.89. The molecule has 0 saturated carbocycles. The number of carbonyl (C=O) groups excluding carboxylic acids is 2. The Morgan fingerprint density at radius 2 is 1.63 bits per heavy atom. The molecule has 2 amide bonds. The van der Waals surface area contributed by atoms with Gasteiger partial charge in [-0.05, 0) is 62.3 Å². The summed E-state index contributed by atoms with van der Waals surface area (Å²) in [6.07, 6.45) is 4.54. The van der Waals surface area contributed by atoms with E-state index in [1.807, 2.05) is 99.2 Å². The van der Waals surface area contributed by atoms with Gasteiger partial charge < -0.3 is 15.2 Å². The molecule has 3 aromatic heterocycles. The Kier molecular flexibility index (Phi) is 10.3. The lowest BCUT2D eigenvalue weighted by Gasteiger charge is -2.27. The number of aryl methyl sites for hydroxylation is 2. The van der Waals surface area contributed by atoms with Gasteiger partial charge in [0.1, 0.15) is 17.3 Å². The maximum Gasteiger partial charge on any atom is 0.257 e. The van der Waals surface area contributed by atoms with E-state index >= 15 is 0 Å². The molecular formula is C35H39N7O3S. The van der Waals surface area contributed by atoms with E-state index in [1.54, 1.807) is 16.7 Å². The summed E-state index contributed by atoms with van der Waals surface area (Å²) in [5.41, 5.74) is 2.73. The Balaban J connectivity index is 1.50. The van der Waals surface area contributed by atoms with Gasteiger partial charge in [0, 0.05) is 24.1 Å². The van der Waals surface area contributed by atoms with Crippen molar-refractivity contribution in [3.05, 3.63) is 112 Å². The molecule has 0 aliphatic heterocycles. The van der Waals surface area contributed by atoms with Crippen molar-refractivity contribution >= 4 is 34.6 Å². The Morgan fingerprint density at radius 1 is 0.935 bits per heavy atom. The molecule has 5 aromatic rings. The number of amides is 2. The SMILES string of the molecule is CCC(C)C(NC(=O)c1cn(CC)c2nc(C)ccc2c1=O)C(=O)NC(Cc1ccccc1)c1nnc(SC)n1-c1ccccc1. The highest BCUT2D eigenvalue weighted by Gasteiger charge is 2.32. The summed E-state index contributed by atoms with van der Waals surface area (Å²) >= 11 is 1.46. The van der Waals surface area contributed by atoms with Gasteiger partial charge in [-0.1, -0.05) is 80.6 Å². The monoisotopic (exact) mass is 637 g/mol. The Labute approximate surface area is 272 Å². The van der Waals surface area contributed by atoms with Crippen molar-refractivity contribution in [2.45, 2.75) is 64.3 Å². The zero-order valence-corrected chi connectivity index (χ0v) is 27.5. The molecule has 5 rings (SSSR count). The van der Waals surface area contributed by atoms with Crippen LogP contribution >= 0.6 is 11.8 Å². The first-order chi connectivity index (χ1) is 22.2. The van der Waals surface area contributed by atoms with Crippen LogP contribution in [0.5, 0.6) is 0 Å². The van der Waals surface area contributed by atoms with Gasteiger partial charge in [-0.15, -0.1) is 10.2 Å². The second-order valence-electron chi connectivity index (χ2n) is 11.3. The minimum Gasteiger partial charge on any atom is -0.344 e. The molecular weight excluding hydrogens is 598 g/mol. The molecule has 2 aromatic carbocycles. The molecule has 3 heterocycles. The first-order valence-corrected chi connectivity index (χ1v) is 16.7. The fraction of sp³-hybridized carbons (Fsp3) is 0.314. The Hall–Kier alpha value is -4.77. The Morgan fingerprint density at radius 3 is 2.28 bits per heavy atom. The predicted octanol–water partition coefficient (Wildman–Crippen LogP) is 5.27. The Bertz CT molecular complexity index is 1890. The highest BCUT2D eigenvalue weighted by atomic mass is 32.2. The van der Waals surface area contributed by atoms with Crippen molar-refractivity contribution in [3.63, 3.8) is 0 Å². The molecule has 11 heteroatoms. The van der Waals surface area contributed by atoms with E-state index in [0.717, 1.165) is 16.9 Å². The molecule has 10 nitrogen and oxygen atoms in total. The van der Waals surface area contributed by atoms with Gasteiger partial charge in [0.25, 0.3) is 5.91 Å². The van der Waals surface area contributed by atoms with E-state index in [-0.39, 0.29) is 17.4 Å². The van der Waals surface area contributed by atoms with E-state index < -0.39 is 23.4 Å². The molecule has 238 valence electrons. The quantitative estimate of drug-likeness (QED) is 0.179. The van der Waals surface area contributed by atoms with Crippen LogP contribution in [-0.4, -0.2) is 48.4 Å². The van der Waals surface area contributed by atoms with Crippen LogP contribution in [0.25, 0.3) is 16.7 Å². The number of carbonyl (C=O) groups is 2. The zero-order valence-electron chi connectivity index (χ0n) is 26.7. The minimum atomic E-state index is -0.912. The minimum absolute atomic E-state index is 0.0321. The zero-order chi connectivity index (χ0) is 32.8. The van der Waals surface area contributed by atoms with Crippen LogP contribution in [0.2, 0.25) is 0 Å². The van der Waals surface area contributed by atoms with Crippen LogP contribution in [0.4, 0.5) is 0 Å². The lowest BCUT2D eigenvalue weighted by atomic mass is 9.96. The number of pyridine rings is 2. The fourth-order valence-electron chi connectivity index (χ4n) is 5.46. The maximum absolute atomic E-state index is 14.2. The van der Waals surface area contributed by atoms with Crippen LogP contribution in [0.15, 0.2) is 88.9 Å². The van der Waals surface area contributed by atoms with E-state index in [9.17, 15) is 14.4 Å². The number of aromatic nitrogens is 5. The molecule has 3 unspecified atom stereocenters. The van der Waals surface area contributed by atoms with Gasteiger partial charge in [0.2, 0.25) is 11.3 Å². The van der Waals surface area contributed by atoms with Crippen molar-refractivity contribution in [1.29, 1.82) is 0 Å². The summed E-state index contributed by atoms with van der Waals surface area (Å²) in [5.74, 6) is -0.629. The summed E-state index contributed by atoms with van der Waals surface area (Å²) in [4.78, 5) is 45.9. The number of thioether (sulfide) groups is 1. The largest absolute Gasteiger partial charge is 0.344 e. The molecule has 0 saturated heterocycles. The average Bonchev–Trinajstić information content (AvgIpc) is 3.51. The van der Waals surface area contributed by atoms with Gasteiger partial charge in [0.15, 0.2) is 11.0 Å². The lowest BCUT2D eigenvalue weighted by molar-refractivity contribution is -0.125. The van der Waals surface area contributed by atoms with Crippen LogP contribution in [-0.2, 0) is 17.8 Å². The molecule has 3 atom stereocenters. The number of nitrogens with zero attached hydrogens (tertiary/aromatic N) is 5. The summed E-state index contributed by atoms with van der Waals surface area (Å²) in [5, 5.41) is 16.1. The number of hydrogen-bond donors (Lipinski definition) is 2. The molecule has 0 spiro atoms. The van der Waals surface area contributed by atoms with Crippen molar-refractivity contribution < 1.29 is 9.59 Å². The fourth-order valence-corrected chi connectivity index (χ4v) is 5.96. The first kappa shape index (κ1) is 32.6. The standard InChI is InChI=1S/C35H39N7O3S/c1-6-22(3)29(38-33(44)27-21-41(7-2)31-26(30(27)43)19-18-23(4)36-31)34(45)37-28(20-24-14-10-8-11-15-24)32-39-40-35(46-5)42(32)25-16-12-9-13-17-25/h8-19,21-22,28-29H,6-7,20H2,1-5H3,(H,37,45)(H,38,44). The molecule has 0 aliphatic carbocycles. The number of para-hydroxylation sites is 1. The molecule has 46 heavy (non-hydrogen) atoms. The lowest BCUT2D eigenvalue weighted by Crippen LogP contribution is -2.52. The van der Waals surface area contributed by atoms with Crippen LogP contribution in [0.1, 0.15) is 60.7 Å². The van der Waals surface area contributed by atoms with Crippen molar-refractivity contribution in [1.82, 2.24) is 34.9 Å². The van der Waals surface area contributed by atoms with Crippen molar-refractivity contribution in [2.24, 2.45) is 5.92 Å². The average molecular weight is 638 g/mol. The number of hydrogen-bond acceptors (Lipinski definition) is 7. The summed E-state index contributed by atoms with van der Waals surface area (Å²) in [6.45, 7) is 8.17.